The maximum absolute atomic E-state index is 4.22. The third kappa shape index (κ3) is 2.09. The molecule has 0 aromatic carbocycles. The molecule has 1 aliphatic rings. The molecule has 78 valence electrons. The van der Waals surface area contributed by atoms with E-state index in [1.54, 1.807) is 6.33 Å². The molecule has 0 bridgehead atoms. The predicted octanol–water partition coefficient (Wildman–Crippen LogP) is 1.05. The fourth-order valence-corrected chi connectivity index (χ4v) is 3.04. The number of hydrogen-bond donors (Lipinski definition) is 1. The van der Waals surface area contributed by atoms with Crippen LogP contribution in [0, 0.1) is 0 Å². The zero-order valence-electron chi connectivity index (χ0n) is 8.60. The molecule has 1 saturated carbocycles. The van der Waals surface area contributed by atoms with Crippen LogP contribution in [0.5, 0.6) is 0 Å². The van der Waals surface area contributed by atoms with Crippen LogP contribution >= 0.6 is 11.8 Å². The Balaban J connectivity index is 1.90. The van der Waals surface area contributed by atoms with Gasteiger partial charge in [-0.25, -0.2) is 9.67 Å². The highest BCUT2D eigenvalue weighted by Crippen LogP contribution is 2.33. The van der Waals surface area contributed by atoms with Crippen molar-refractivity contribution in [2.24, 2.45) is 7.05 Å². The van der Waals surface area contributed by atoms with Gasteiger partial charge in [0.05, 0.1) is 0 Å². The van der Waals surface area contributed by atoms with Gasteiger partial charge in [0.2, 0.25) is 0 Å². The Kier molecular flexibility index (Phi) is 3.08. The van der Waals surface area contributed by atoms with E-state index in [4.69, 9.17) is 0 Å². The summed E-state index contributed by atoms with van der Waals surface area (Å²) in [7, 11) is 3.99. The number of rotatable bonds is 3. The first kappa shape index (κ1) is 9.98. The highest BCUT2D eigenvalue weighted by molar-refractivity contribution is 7.99. The van der Waals surface area contributed by atoms with Crippen LogP contribution in [0.3, 0.4) is 0 Å². The van der Waals surface area contributed by atoms with Crippen LogP contribution in [-0.2, 0) is 7.05 Å². The molecule has 1 heterocycles. The predicted molar refractivity (Wildman–Crippen MR) is 57.3 cm³/mol. The minimum atomic E-state index is 0.695. The topological polar surface area (TPSA) is 42.7 Å². The fraction of sp³-hybridized carbons (Fsp3) is 0.778. The molecule has 0 amide bonds. The maximum Gasteiger partial charge on any atom is 0.186 e. The lowest BCUT2D eigenvalue weighted by molar-refractivity contribution is 0.583. The normalized spacial score (nSPS) is 27.0. The third-order valence-electron chi connectivity index (χ3n) is 2.73. The van der Waals surface area contributed by atoms with E-state index in [2.05, 4.69) is 15.4 Å². The molecule has 0 radical (unpaired) electrons. The Morgan fingerprint density at radius 3 is 3.00 bits per heavy atom. The molecule has 0 spiro atoms. The second kappa shape index (κ2) is 4.31. The van der Waals surface area contributed by atoms with Crippen LogP contribution in [0.2, 0.25) is 0 Å². The van der Waals surface area contributed by atoms with Crippen molar-refractivity contribution in [2.75, 3.05) is 7.05 Å². The van der Waals surface area contributed by atoms with Crippen molar-refractivity contribution in [3.63, 3.8) is 0 Å². The van der Waals surface area contributed by atoms with E-state index in [0.29, 0.717) is 11.3 Å². The van der Waals surface area contributed by atoms with Crippen LogP contribution < -0.4 is 5.32 Å². The molecule has 2 atom stereocenters. The van der Waals surface area contributed by atoms with Crippen molar-refractivity contribution in [1.29, 1.82) is 0 Å². The second-order valence-corrected chi connectivity index (χ2v) is 4.97. The highest BCUT2D eigenvalue weighted by Gasteiger charge is 2.25. The zero-order chi connectivity index (χ0) is 9.97. The van der Waals surface area contributed by atoms with Crippen LogP contribution in [0.4, 0.5) is 0 Å². The molecule has 1 aliphatic carbocycles. The van der Waals surface area contributed by atoms with Gasteiger partial charge in [0.1, 0.15) is 6.33 Å². The van der Waals surface area contributed by atoms with Crippen LogP contribution in [-0.4, -0.2) is 33.1 Å². The Hall–Kier alpha value is -0.550. The second-order valence-electron chi connectivity index (χ2n) is 3.70. The first-order valence-electron chi connectivity index (χ1n) is 4.97. The van der Waals surface area contributed by atoms with Crippen molar-refractivity contribution >= 4 is 11.8 Å². The van der Waals surface area contributed by atoms with E-state index in [1.807, 2.05) is 30.5 Å². The molecule has 1 fully saturated rings. The maximum atomic E-state index is 4.22. The molecule has 0 aliphatic heterocycles. The summed E-state index contributed by atoms with van der Waals surface area (Å²) < 4.78 is 1.84. The van der Waals surface area contributed by atoms with Gasteiger partial charge in [-0.05, 0) is 26.3 Å². The minimum Gasteiger partial charge on any atom is -0.317 e. The quantitative estimate of drug-likeness (QED) is 0.813. The lowest BCUT2D eigenvalue weighted by Crippen LogP contribution is -2.21. The summed E-state index contributed by atoms with van der Waals surface area (Å²) in [6.07, 6.45) is 5.43. The van der Waals surface area contributed by atoms with E-state index in [1.165, 1.54) is 19.3 Å². The molecule has 14 heavy (non-hydrogen) atoms. The van der Waals surface area contributed by atoms with Crippen molar-refractivity contribution in [3.8, 4) is 0 Å². The Morgan fingerprint density at radius 1 is 1.57 bits per heavy atom. The molecule has 0 saturated heterocycles. The average Bonchev–Trinajstić information content (AvgIpc) is 2.77. The summed E-state index contributed by atoms with van der Waals surface area (Å²) in [5.41, 5.74) is 0. The van der Waals surface area contributed by atoms with Crippen molar-refractivity contribution in [3.05, 3.63) is 6.33 Å². The fourth-order valence-electron chi connectivity index (χ4n) is 1.85. The number of aryl methyl sites for hydroxylation is 1. The molecule has 5 heteroatoms. The molecule has 1 aromatic rings. The summed E-state index contributed by atoms with van der Waals surface area (Å²) in [6.45, 7) is 0. The smallest absolute Gasteiger partial charge is 0.186 e. The Labute approximate surface area is 88.5 Å². The number of aromatic nitrogens is 3. The molecular weight excluding hydrogens is 196 g/mol. The monoisotopic (exact) mass is 212 g/mol. The van der Waals surface area contributed by atoms with Gasteiger partial charge < -0.3 is 5.32 Å². The van der Waals surface area contributed by atoms with Gasteiger partial charge >= 0.3 is 0 Å². The molecule has 2 unspecified atom stereocenters. The van der Waals surface area contributed by atoms with Crippen molar-refractivity contribution in [2.45, 2.75) is 35.7 Å². The number of thioether (sulfide) groups is 1. The summed E-state index contributed by atoms with van der Waals surface area (Å²) in [4.78, 5) is 4.22. The largest absolute Gasteiger partial charge is 0.317 e. The SMILES string of the molecule is CNC1CCC(Sc2ncnn2C)C1. The minimum absolute atomic E-state index is 0.695. The summed E-state index contributed by atoms with van der Waals surface area (Å²) >= 11 is 1.85. The average molecular weight is 212 g/mol. The van der Waals surface area contributed by atoms with Crippen LogP contribution in [0.25, 0.3) is 0 Å². The Bertz CT molecular complexity index is 299. The van der Waals surface area contributed by atoms with E-state index in [9.17, 15) is 0 Å². The first-order chi connectivity index (χ1) is 6.79. The Morgan fingerprint density at radius 2 is 2.43 bits per heavy atom. The van der Waals surface area contributed by atoms with Gasteiger partial charge in [0.25, 0.3) is 0 Å². The summed E-state index contributed by atoms with van der Waals surface area (Å²) in [5, 5.41) is 9.14. The van der Waals surface area contributed by atoms with E-state index >= 15 is 0 Å². The summed E-state index contributed by atoms with van der Waals surface area (Å²) in [6, 6.07) is 0.695. The molecule has 4 nitrogen and oxygen atoms in total. The lowest BCUT2D eigenvalue weighted by Gasteiger charge is -2.09. The van der Waals surface area contributed by atoms with Gasteiger partial charge in [-0.3, -0.25) is 0 Å². The molecule has 2 rings (SSSR count). The zero-order valence-corrected chi connectivity index (χ0v) is 9.42. The third-order valence-corrected chi connectivity index (χ3v) is 4.08. The van der Waals surface area contributed by atoms with Crippen molar-refractivity contribution in [1.82, 2.24) is 20.1 Å². The van der Waals surface area contributed by atoms with Gasteiger partial charge in [-0.2, -0.15) is 5.10 Å². The lowest BCUT2D eigenvalue weighted by atomic mass is 10.3. The van der Waals surface area contributed by atoms with Gasteiger partial charge in [-0.1, -0.05) is 11.8 Å². The highest BCUT2D eigenvalue weighted by atomic mass is 32.2. The van der Waals surface area contributed by atoms with Gasteiger partial charge in [0, 0.05) is 18.3 Å². The van der Waals surface area contributed by atoms with Gasteiger partial charge in [0.15, 0.2) is 5.16 Å². The summed E-state index contributed by atoms with van der Waals surface area (Å²) in [5.74, 6) is 0. The van der Waals surface area contributed by atoms with E-state index < -0.39 is 0 Å². The number of hydrogen-bond acceptors (Lipinski definition) is 4. The number of nitrogens with one attached hydrogen (secondary N) is 1. The van der Waals surface area contributed by atoms with Gasteiger partial charge in [-0.15, -0.1) is 0 Å². The van der Waals surface area contributed by atoms with E-state index in [0.717, 1.165) is 5.16 Å². The van der Waals surface area contributed by atoms with Crippen LogP contribution in [0.15, 0.2) is 11.5 Å². The standard InChI is InChI=1S/C9H16N4S/c1-10-7-3-4-8(5-7)14-9-11-6-12-13(9)2/h6-8,10H,3-5H2,1-2H3. The number of nitrogens with zero attached hydrogens (tertiary/aromatic N) is 3. The van der Waals surface area contributed by atoms with Crippen molar-refractivity contribution < 1.29 is 0 Å². The molecular formula is C9H16N4S. The molecule has 1 aromatic heterocycles. The van der Waals surface area contributed by atoms with E-state index in [-0.39, 0.29) is 0 Å². The van der Waals surface area contributed by atoms with Crippen LogP contribution in [0.1, 0.15) is 19.3 Å². The first-order valence-corrected chi connectivity index (χ1v) is 5.85. The molecule has 1 N–H and O–H groups in total.